The third-order valence-electron chi connectivity index (χ3n) is 2.77. The molecule has 0 saturated heterocycles. The Labute approximate surface area is 116 Å². The molecule has 0 bridgehead atoms. The molecule has 1 aromatic carbocycles. The molecular weight excluding hydrogens is 282 g/mol. The molecule has 0 aliphatic heterocycles. The van der Waals surface area contributed by atoms with E-state index in [1.165, 1.54) is 11.3 Å². The SMILES string of the molecule is Cc1c(N)cccc1S(=O)(=O)NCCc1cscn1. The number of hydrogen-bond donors (Lipinski definition) is 2. The van der Waals surface area contributed by atoms with Crippen LogP contribution in [0.25, 0.3) is 0 Å². The third-order valence-corrected chi connectivity index (χ3v) is 5.01. The van der Waals surface area contributed by atoms with Crippen LogP contribution in [0.2, 0.25) is 0 Å². The first-order chi connectivity index (χ1) is 9.00. The highest BCUT2D eigenvalue weighted by atomic mass is 32.2. The van der Waals surface area contributed by atoms with E-state index >= 15 is 0 Å². The van der Waals surface area contributed by atoms with Gasteiger partial charge in [-0.25, -0.2) is 18.1 Å². The average molecular weight is 297 g/mol. The summed E-state index contributed by atoms with van der Waals surface area (Å²) in [4.78, 5) is 4.33. The fourth-order valence-electron chi connectivity index (χ4n) is 1.67. The van der Waals surface area contributed by atoms with Crippen LogP contribution in [0.5, 0.6) is 0 Å². The highest BCUT2D eigenvalue weighted by Gasteiger charge is 2.17. The molecule has 0 fully saturated rings. The minimum atomic E-state index is -3.52. The van der Waals surface area contributed by atoms with Crippen LogP contribution in [0.3, 0.4) is 0 Å². The zero-order chi connectivity index (χ0) is 13.9. The van der Waals surface area contributed by atoms with Gasteiger partial charge in [-0.3, -0.25) is 0 Å². The number of rotatable bonds is 5. The van der Waals surface area contributed by atoms with Crippen LogP contribution in [0.4, 0.5) is 5.69 Å². The molecule has 0 amide bonds. The molecule has 19 heavy (non-hydrogen) atoms. The van der Waals surface area contributed by atoms with Gasteiger partial charge in [0.2, 0.25) is 10.0 Å². The standard InChI is InChI=1S/C12H15N3O2S2/c1-9-11(13)3-2-4-12(9)19(16,17)15-6-5-10-7-18-8-14-10/h2-4,7-8,15H,5-6,13H2,1H3. The molecule has 5 nitrogen and oxygen atoms in total. The molecule has 1 heterocycles. The van der Waals surface area contributed by atoms with Crippen LogP contribution < -0.4 is 10.5 Å². The van der Waals surface area contributed by atoms with Crippen molar-refractivity contribution in [2.45, 2.75) is 18.2 Å². The zero-order valence-corrected chi connectivity index (χ0v) is 12.1. The number of benzene rings is 1. The summed E-state index contributed by atoms with van der Waals surface area (Å²) in [6, 6.07) is 4.87. The van der Waals surface area contributed by atoms with Gasteiger partial charge in [0.05, 0.1) is 16.1 Å². The fourth-order valence-corrected chi connectivity index (χ4v) is 3.57. The van der Waals surface area contributed by atoms with Gasteiger partial charge in [0, 0.05) is 24.0 Å². The molecule has 0 unspecified atom stereocenters. The first-order valence-corrected chi connectivity index (χ1v) is 8.15. The number of nitrogens with two attached hydrogens (primary N) is 1. The van der Waals surface area contributed by atoms with Crippen LogP contribution in [-0.4, -0.2) is 19.9 Å². The third kappa shape index (κ3) is 3.31. The highest BCUT2D eigenvalue weighted by Crippen LogP contribution is 2.20. The minimum Gasteiger partial charge on any atom is -0.398 e. The predicted molar refractivity (Wildman–Crippen MR) is 76.6 cm³/mol. The summed E-state index contributed by atoms with van der Waals surface area (Å²) in [6.45, 7) is 2.02. The Kier molecular flexibility index (Phi) is 4.18. The molecule has 2 rings (SSSR count). The number of nitrogens with one attached hydrogen (secondary N) is 1. The van der Waals surface area contributed by atoms with E-state index in [9.17, 15) is 8.42 Å². The molecule has 0 aliphatic carbocycles. The summed E-state index contributed by atoms with van der Waals surface area (Å²) in [5, 5.41) is 1.90. The monoisotopic (exact) mass is 297 g/mol. The van der Waals surface area contributed by atoms with Crippen LogP contribution in [0.15, 0.2) is 34.0 Å². The largest absolute Gasteiger partial charge is 0.398 e. The molecule has 2 aromatic rings. The fraction of sp³-hybridized carbons (Fsp3) is 0.250. The van der Waals surface area contributed by atoms with E-state index < -0.39 is 10.0 Å². The second-order valence-electron chi connectivity index (χ2n) is 4.10. The summed E-state index contributed by atoms with van der Waals surface area (Å²) in [7, 11) is -3.52. The van der Waals surface area contributed by atoms with Crippen molar-refractivity contribution < 1.29 is 8.42 Å². The van der Waals surface area contributed by atoms with Crippen molar-refractivity contribution >= 4 is 27.0 Å². The Hall–Kier alpha value is -1.44. The Morgan fingerprint density at radius 1 is 1.42 bits per heavy atom. The van der Waals surface area contributed by atoms with Gasteiger partial charge in [0.15, 0.2) is 0 Å². The molecule has 102 valence electrons. The quantitative estimate of drug-likeness (QED) is 0.820. The van der Waals surface area contributed by atoms with Crippen molar-refractivity contribution in [1.82, 2.24) is 9.71 Å². The number of thiazole rings is 1. The van der Waals surface area contributed by atoms with Crippen molar-refractivity contribution in [3.63, 3.8) is 0 Å². The van der Waals surface area contributed by atoms with Gasteiger partial charge < -0.3 is 5.73 Å². The van der Waals surface area contributed by atoms with Crippen LogP contribution in [0.1, 0.15) is 11.3 Å². The Balaban J connectivity index is 2.08. The summed E-state index contributed by atoms with van der Waals surface area (Å²) in [5.41, 5.74) is 9.38. The molecule has 3 N–H and O–H groups in total. The molecule has 0 atom stereocenters. The first-order valence-electron chi connectivity index (χ1n) is 5.72. The summed E-state index contributed by atoms with van der Waals surface area (Å²) >= 11 is 1.49. The lowest BCUT2D eigenvalue weighted by Gasteiger charge is -2.10. The summed E-state index contributed by atoms with van der Waals surface area (Å²) < 4.78 is 26.9. The van der Waals surface area contributed by atoms with E-state index in [0.29, 0.717) is 24.2 Å². The van der Waals surface area contributed by atoms with Crippen LogP contribution in [-0.2, 0) is 16.4 Å². The maximum atomic E-state index is 12.1. The van der Waals surface area contributed by atoms with E-state index in [-0.39, 0.29) is 4.90 Å². The van der Waals surface area contributed by atoms with Crippen molar-refractivity contribution in [1.29, 1.82) is 0 Å². The molecule has 0 radical (unpaired) electrons. The van der Waals surface area contributed by atoms with Crippen molar-refractivity contribution in [2.24, 2.45) is 0 Å². The van der Waals surface area contributed by atoms with Gasteiger partial charge in [-0.2, -0.15) is 0 Å². The van der Waals surface area contributed by atoms with Gasteiger partial charge in [-0.05, 0) is 24.6 Å². The van der Waals surface area contributed by atoms with Crippen LogP contribution >= 0.6 is 11.3 Å². The van der Waals surface area contributed by atoms with E-state index in [1.54, 1.807) is 30.6 Å². The molecule has 0 aliphatic rings. The number of aromatic nitrogens is 1. The van der Waals surface area contributed by atoms with E-state index in [4.69, 9.17) is 5.73 Å². The topological polar surface area (TPSA) is 85.1 Å². The van der Waals surface area contributed by atoms with Gasteiger partial charge in [-0.1, -0.05) is 6.07 Å². The molecular formula is C12H15N3O2S2. The van der Waals surface area contributed by atoms with Gasteiger partial charge in [0.1, 0.15) is 0 Å². The predicted octanol–water partition coefficient (Wildman–Crippen LogP) is 1.55. The molecule has 1 aromatic heterocycles. The first kappa shape index (κ1) is 14.0. The maximum absolute atomic E-state index is 12.1. The van der Waals surface area contributed by atoms with Crippen molar-refractivity contribution in [3.05, 3.63) is 40.3 Å². The van der Waals surface area contributed by atoms with E-state index in [2.05, 4.69) is 9.71 Å². The Morgan fingerprint density at radius 2 is 2.21 bits per heavy atom. The minimum absolute atomic E-state index is 0.228. The lowest BCUT2D eigenvalue weighted by atomic mass is 10.2. The number of anilines is 1. The molecule has 0 saturated carbocycles. The summed E-state index contributed by atoms with van der Waals surface area (Å²) in [6.07, 6.45) is 0.574. The number of nitrogen functional groups attached to an aromatic ring is 1. The van der Waals surface area contributed by atoms with Crippen LogP contribution in [0, 0.1) is 6.92 Å². The number of sulfonamides is 1. The smallest absolute Gasteiger partial charge is 0.240 e. The summed E-state index contributed by atoms with van der Waals surface area (Å²) in [5.74, 6) is 0. The highest BCUT2D eigenvalue weighted by molar-refractivity contribution is 7.89. The second-order valence-corrected chi connectivity index (χ2v) is 6.55. The molecule has 7 heteroatoms. The van der Waals surface area contributed by atoms with Crippen molar-refractivity contribution in [3.8, 4) is 0 Å². The van der Waals surface area contributed by atoms with E-state index in [0.717, 1.165) is 5.69 Å². The second kappa shape index (κ2) is 5.68. The Bertz CT molecular complexity index is 652. The van der Waals surface area contributed by atoms with Gasteiger partial charge in [-0.15, -0.1) is 11.3 Å². The Morgan fingerprint density at radius 3 is 2.89 bits per heavy atom. The zero-order valence-electron chi connectivity index (χ0n) is 10.5. The molecule has 0 spiro atoms. The average Bonchev–Trinajstić information content (AvgIpc) is 2.85. The lowest BCUT2D eigenvalue weighted by Crippen LogP contribution is -2.26. The lowest BCUT2D eigenvalue weighted by molar-refractivity contribution is 0.581. The van der Waals surface area contributed by atoms with Gasteiger partial charge >= 0.3 is 0 Å². The number of hydrogen-bond acceptors (Lipinski definition) is 5. The number of nitrogens with zero attached hydrogens (tertiary/aromatic N) is 1. The van der Waals surface area contributed by atoms with E-state index in [1.807, 2.05) is 5.38 Å². The normalized spacial score (nSPS) is 11.6. The van der Waals surface area contributed by atoms with Gasteiger partial charge in [0.25, 0.3) is 0 Å². The maximum Gasteiger partial charge on any atom is 0.240 e. The van der Waals surface area contributed by atoms with Crippen molar-refractivity contribution in [2.75, 3.05) is 12.3 Å².